The Labute approximate surface area is 85.6 Å². The standard InChI is InChI=1S/C9H8ClNO3/c1-2-6-5-7(11(13)14)3-4-8(6)9(10)12/h3-5H,2H2,1H3. The molecule has 0 radical (unpaired) electrons. The molecule has 0 bridgehead atoms. The second kappa shape index (κ2) is 4.19. The molecule has 0 saturated heterocycles. The number of carbonyl (C=O) groups is 1. The molecule has 0 aromatic heterocycles. The van der Waals surface area contributed by atoms with Gasteiger partial charge in [-0.1, -0.05) is 6.92 Å². The molecule has 1 rings (SSSR count). The van der Waals surface area contributed by atoms with Crippen LogP contribution in [-0.4, -0.2) is 10.2 Å². The Morgan fingerprint density at radius 1 is 1.57 bits per heavy atom. The molecular weight excluding hydrogens is 206 g/mol. The van der Waals surface area contributed by atoms with Gasteiger partial charge in [0.05, 0.1) is 4.92 Å². The maximum absolute atomic E-state index is 10.9. The fourth-order valence-corrected chi connectivity index (χ4v) is 1.36. The molecule has 0 aliphatic heterocycles. The Kier molecular flexibility index (Phi) is 3.19. The van der Waals surface area contributed by atoms with Crippen LogP contribution in [0, 0.1) is 10.1 Å². The van der Waals surface area contributed by atoms with Crippen LogP contribution in [0.4, 0.5) is 5.69 Å². The van der Waals surface area contributed by atoms with Gasteiger partial charge in [-0.3, -0.25) is 14.9 Å². The number of hydrogen-bond acceptors (Lipinski definition) is 3. The largest absolute Gasteiger partial charge is 0.276 e. The molecule has 4 nitrogen and oxygen atoms in total. The van der Waals surface area contributed by atoms with Crippen LogP contribution in [-0.2, 0) is 6.42 Å². The molecule has 0 spiro atoms. The summed E-state index contributed by atoms with van der Waals surface area (Å²) in [6.07, 6.45) is 0.537. The van der Waals surface area contributed by atoms with Gasteiger partial charge in [0, 0.05) is 17.7 Å². The normalized spacial score (nSPS) is 9.86. The van der Waals surface area contributed by atoms with Crippen molar-refractivity contribution in [2.45, 2.75) is 13.3 Å². The van der Waals surface area contributed by atoms with Crippen LogP contribution in [0.2, 0.25) is 0 Å². The Morgan fingerprint density at radius 3 is 2.64 bits per heavy atom. The van der Waals surface area contributed by atoms with E-state index in [1.165, 1.54) is 18.2 Å². The highest BCUT2D eigenvalue weighted by molar-refractivity contribution is 6.67. The molecule has 0 aliphatic carbocycles. The Hall–Kier alpha value is -1.42. The molecule has 0 aliphatic rings. The summed E-state index contributed by atoms with van der Waals surface area (Å²) in [5, 5.41) is 9.85. The van der Waals surface area contributed by atoms with Gasteiger partial charge in [0.15, 0.2) is 0 Å². The highest BCUT2D eigenvalue weighted by Gasteiger charge is 2.12. The first-order chi connectivity index (χ1) is 6.56. The van der Waals surface area contributed by atoms with E-state index < -0.39 is 10.2 Å². The SMILES string of the molecule is CCc1cc([N+](=O)[O-])ccc1C(=O)Cl. The Balaban J connectivity index is 3.25. The number of aryl methyl sites for hydroxylation is 1. The van der Waals surface area contributed by atoms with E-state index in [9.17, 15) is 14.9 Å². The zero-order valence-corrected chi connectivity index (χ0v) is 8.25. The lowest BCUT2D eigenvalue weighted by molar-refractivity contribution is -0.384. The van der Waals surface area contributed by atoms with Gasteiger partial charge in [0.1, 0.15) is 0 Å². The summed E-state index contributed by atoms with van der Waals surface area (Å²) in [5.41, 5.74) is 0.905. The first-order valence-electron chi connectivity index (χ1n) is 4.03. The number of halogens is 1. The molecule has 14 heavy (non-hydrogen) atoms. The molecule has 0 atom stereocenters. The summed E-state index contributed by atoms with van der Waals surface area (Å²) in [5.74, 6) is 0. The predicted molar refractivity (Wildman–Crippen MR) is 52.7 cm³/mol. The van der Waals surface area contributed by atoms with Crippen molar-refractivity contribution in [2.75, 3.05) is 0 Å². The zero-order valence-electron chi connectivity index (χ0n) is 7.49. The molecule has 0 saturated carbocycles. The number of nitrogens with zero attached hydrogens (tertiary/aromatic N) is 1. The second-order valence-electron chi connectivity index (χ2n) is 2.73. The molecule has 74 valence electrons. The van der Waals surface area contributed by atoms with Gasteiger partial charge < -0.3 is 0 Å². The lowest BCUT2D eigenvalue weighted by atomic mass is 10.1. The molecule has 0 amide bonds. The average Bonchev–Trinajstić information content (AvgIpc) is 2.16. The summed E-state index contributed by atoms with van der Waals surface area (Å²) in [7, 11) is 0. The minimum absolute atomic E-state index is 0.0245. The van der Waals surface area contributed by atoms with Crippen LogP contribution in [0.3, 0.4) is 0 Å². The summed E-state index contributed by atoms with van der Waals surface area (Å²) < 4.78 is 0. The first-order valence-corrected chi connectivity index (χ1v) is 4.41. The quantitative estimate of drug-likeness (QED) is 0.440. The molecule has 0 fully saturated rings. The molecule has 5 heteroatoms. The van der Waals surface area contributed by atoms with Crippen LogP contribution in [0.15, 0.2) is 18.2 Å². The zero-order chi connectivity index (χ0) is 10.7. The van der Waals surface area contributed by atoms with Crippen LogP contribution in [0.25, 0.3) is 0 Å². The molecule has 0 N–H and O–H groups in total. The fraction of sp³-hybridized carbons (Fsp3) is 0.222. The summed E-state index contributed by atoms with van der Waals surface area (Å²) in [6.45, 7) is 1.81. The number of nitro groups is 1. The number of carbonyl (C=O) groups excluding carboxylic acids is 1. The lowest BCUT2D eigenvalue weighted by Gasteiger charge is -2.02. The molecule has 0 unspecified atom stereocenters. The minimum Gasteiger partial charge on any atom is -0.276 e. The number of nitro benzene ring substituents is 1. The van der Waals surface area contributed by atoms with Gasteiger partial charge in [-0.15, -0.1) is 0 Å². The highest BCUT2D eigenvalue weighted by atomic mass is 35.5. The van der Waals surface area contributed by atoms with Crippen molar-refractivity contribution in [3.8, 4) is 0 Å². The van der Waals surface area contributed by atoms with Crippen molar-refractivity contribution in [1.82, 2.24) is 0 Å². The monoisotopic (exact) mass is 213 g/mol. The first kappa shape index (κ1) is 10.7. The van der Waals surface area contributed by atoms with Gasteiger partial charge in [-0.25, -0.2) is 0 Å². The molecule has 1 aromatic rings. The number of rotatable bonds is 3. The molecule has 1 aromatic carbocycles. The van der Waals surface area contributed by atoms with Crippen LogP contribution in [0.5, 0.6) is 0 Å². The van der Waals surface area contributed by atoms with E-state index in [1.54, 1.807) is 0 Å². The van der Waals surface area contributed by atoms with E-state index in [2.05, 4.69) is 0 Å². The van der Waals surface area contributed by atoms with Gasteiger partial charge in [0.25, 0.3) is 10.9 Å². The third kappa shape index (κ3) is 2.09. The van der Waals surface area contributed by atoms with Crippen molar-refractivity contribution in [3.63, 3.8) is 0 Å². The van der Waals surface area contributed by atoms with E-state index in [1.807, 2.05) is 6.92 Å². The second-order valence-corrected chi connectivity index (χ2v) is 3.07. The molecular formula is C9H8ClNO3. The number of benzene rings is 1. The topological polar surface area (TPSA) is 60.2 Å². The number of hydrogen-bond donors (Lipinski definition) is 0. The van der Waals surface area contributed by atoms with E-state index in [4.69, 9.17) is 11.6 Å². The third-order valence-electron chi connectivity index (χ3n) is 1.89. The smallest absolute Gasteiger partial charge is 0.269 e. The summed E-state index contributed by atoms with van der Waals surface area (Å²) in [4.78, 5) is 20.8. The Morgan fingerprint density at radius 2 is 2.21 bits per heavy atom. The third-order valence-corrected chi connectivity index (χ3v) is 2.10. The van der Waals surface area contributed by atoms with E-state index >= 15 is 0 Å². The van der Waals surface area contributed by atoms with Gasteiger partial charge >= 0.3 is 0 Å². The Bertz CT molecular complexity index is 390. The van der Waals surface area contributed by atoms with E-state index in [-0.39, 0.29) is 5.69 Å². The maximum atomic E-state index is 10.9. The van der Waals surface area contributed by atoms with Crippen LogP contribution >= 0.6 is 11.6 Å². The van der Waals surface area contributed by atoms with Gasteiger partial charge in [0.2, 0.25) is 0 Å². The predicted octanol–water partition coefficient (Wildman–Crippen LogP) is 2.54. The maximum Gasteiger partial charge on any atom is 0.269 e. The summed E-state index contributed by atoms with van der Waals surface area (Å²) in [6, 6.07) is 4.02. The lowest BCUT2D eigenvalue weighted by Crippen LogP contribution is -1.98. The summed E-state index contributed by atoms with van der Waals surface area (Å²) >= 11 is 5.31. The average molecular weight is 214 g/mol. The van der Waals surface area contributed by atoms with Crippen LogP contribution in [0.1, 0.15) is 22.8 Å². The number of non-ortho nitro benzene ring substituents is 1. The highest BCUT2D eigenvalue weighted by Crippen LogP contribution is 2.19. The van der Waals surface area contributed by atoms with Crippen LogP contribution < -0.4 is 0 Å². The van der Waals surface area contributed by atoms with Crippen molar-refractivity contribution in [1.29, 1.82) is 0 Å². The molecule has 0 heterocycles. The minimum atomic E-state index is -0.586. The van der Waals surface area contributed by atoms with Gasteiger partial charge in [-0.05, 0) is 29.7 Å². The van der Waals surface area contributed by atoms with E-state index in [0.29, 0.717) is 17.5 Å². The van der Waals surface area contributed by atoms with Crippen molar-refractivity contribution in [2.24, 2.45) is 0 Å². The van der Waals surface area contributed by atoms with Crippen molar-refractivity contribution < 1.29 is 9.72 Å². The van der Waals surface area contributed by atoms with E-state index in [0.717, 1.165) is 0 Å². The van der Waals surface area contributed by atoms with Crippen molar-refractivity contribution in [3.05, 3.63) is 39.4 Å². The fourth-order valence-electron chi connectivity index (χ4n) is 1.18. The van der Waals surface area contributed by atoms with Gasteiger partial charge in [-0.2, -0.15) is 0 Å². The van der Waals surface area contributed by atoms with Crippen molar-refractivity contribution >= 4 is 22.5 Å².